The zero-order valence-corrected chi connectivity index (χ0v) is 21.4. The lowest BCUT2D eigenvalue weighted by molar-refractivity contribution is 0.0902. The summed E-state index contributed by atoms with van der Waals surface area (Å²) in [4.78, 5) is 25.4. The Morgan fingerprint density at radius 3 is 2.34 bits per heavy atom. The molecule has 0 radical (unpaired) electrons. The Hall–Kier alpha value is -3.92. The largest absolute Gasteiger partial charge is 0.350 e. The van der Waals surface area contributed by atoms with Gasteiger partial charge < -0.3 is 15.2 Å². The van der Waals surface area contributed by atoms with E-state index in [0.29, 0.717) is 29.1 Å². The van der Waals surface area contributed by atoms with Gasteiger partial charge in [-0.15, -0.1) is 0 Å². The summed E-state index contributed by atoms with van der Waals surface area (Å²) >= 11 is 0. The van der Waals surface area contributed by atoms with E-state index in [0.717, 1.165) is 16.7 Å². The number of nitrogens with one attached hydrogen (secondary N) is 2. The van der Waals surface area contributed by atoms with Gasteiger partial charge in [-0.05, 0) is 59.2 Å². The molecule has 2 amide bonds. The van der Waals surface area contributed by atoms with Crippen molar-refractivity contribution in [3.8, 4) is 17.3 Å². The number of rotatable bonds is 5. The van der Waals surface area contributed by atoms with Gasteiger partial charge in [0.15, 0.2) is 0 Å². The lowest BCUT2D eigenvalue weighted by atomic mass is 9.85. The van der Waals surface area contributed by atoms with Crippen LogP contribution in [0.1, 0.15) is 79.1 Å². The van der Waals surface area contributed by atoms with Crippen LogP contribution in [0.25, 0.3) is 11.3 Å². The van der Waals surface area contributed by atoms with Gasteiger partial charge in [0.2, 0.25) is 5.76 Å². The zero-order chi connectivity index (χ0) is 26.0. The second-order valence-electron chi connectivity index (χ2n) is 11.0. The second-order valence-corrected chi connectivity index (χ2v) is 11.0. The third-order valence-corrected chi connectivity index (χ3v) is 5.47. The minimum atomic E-state index is -0.326. The fourth-order valence-corrected chi connectivity index (χ4v) is 3.38. The molecule has 0 saturated carbocycles. The van der Waals surface area contributed by atoms with Gasteiger partial charge in [-0.1, -0.05) is 52.8 Å². The van der Waals surface area contributed by atoms with Crippen molar-refractivity contribution in [1.29, 1.82) is 5.26 Å². The number of amides is 2. The molecule has 0 aliphatic carbocycles. The minimum Gasteiger partial charge on any atom is -0.350 e. The smallest absolute Gasteiger partial charge is 0.289 e. The van der Waals surface area contributed by atoms with E-state index in [1.807, 2.05) is 60.6 Å². The van der Waals surface area contributed by atoms with E-state index in [1.165, 1.54) is 0 Å². The van der Waals surface area contributed by atoms with E-state index in [4.69, 9.17) is 4.52 Å². The number of benzene rings is 2. The maximum absolute atomic E-state index is 13.0. The van der Waals surface area contributed by atoms with Crippen LogP contribution < -0.4 is 10.6 Å². The highest BCUT2D eigenvalue weighted by Gasteiger charge is 2.20. The molecule has 7 nitrogen and oxygen atoms in total. The molecule has 3 rings (SSSR count). The number of nitrogens with zero attached hydrogens (tertiary/aromatic N) is 2. The molecule has 1 heterocycles. The first kappa shape index (κ1) is 25.7. The van der Waals surface area contributed by atoms with Crippen LogP contribution in [0.5, 0.6) is 0 Å². The molecule has 0 unspecified atom stereocenters. The molecule has 35 heavy (non-hydrogen) atoms. The molecular weight excluding hydrogens is 440 g/mol. The maximum atomic E-state index is 13.0. The lowest BCUT2D eigenvalue weighted by Crippen LogP contribution is -2.31. The standard InChI is InChI=1S/C28H32N4O3/c1-17-8-9-21(31-25(33)19-10-18(15-29)11-20(12-19)28(5,6)7)13-22(17)23-14-24(35-32-23)26(34)30-16-27(2,3)4/h8-14H,16H2,1-7H3,(H,30,34)(H,31,33). The van der Waals surface area contributed by atoms with Crippen LogP contribution in [-0.2, 0) is 5.41 Å². The Kier molecular flexibility index (Phi) is 7.16. The van der Waals surface area contributed by atoms with E-state index >= 15 is 0 Å². The van der Waals surface area contributed by atoms with Crippen molar-refractivity contribution in [2.45, 2.75) is 53.9 Å². The molecule has 3 aromatic rings. The Morgan fingerprint density at radius 2 is 1.71 bits per heavy atom. The van der Waals surface area contributed by atoms with Crippen molar-refractivity contribution in [3.05, 3.63) is 70.5 Å². The number of aromatic nitrogens is 1. The minimum absolute atomic E-state index is 0.0535. The number of anilines is 1. The van der Waals surface area contributed by atoms with Crippen molar-refractivity contribution >= 4 is 17.5 Å². The number of hydrogen-bond donors (Lipinski definition) is 2. The topological polar surface area (TPSA) is 108 Å². The Labute approximate surface area is 206 Å². The van der Waals surface area contributed by atoms with Gasteiger partial charge in [0.25, 0.3) is 11.8 Å². The van der Waals surface area contributed by atoms with Crippen LogP contribution >= 0.6 is 0 Å². The summed E-state index contributed by atoms with van der Waals surface area (Å²) in [5.41, 5.74) is 4.22. The zero-order valence-electron chi connectivity index (χ0n) is 21.4. The van der Waals surface area contributed by atoms with Gasteiger partial charge in [0.05, 0.1) is 11.6 Å². The monoisotopic (exact) mass is 472 g/mol. The second kappa shape index (κ2) is 9.75. The molecule has 1 aromatic heterocycles. The summed E-state index contributed by atoms with van der Waals surface area (Å²) in [5.74, 6) is -0.515. The Morgan fingerprint density at radius 1 is 1.00 bits per heavy atom. The van der Waals surface area contributed by atoms with Crippen molar-refractivity contribution in [3.63, 3.8) is 0 Å². The molecule has 0 aliphatic heterocycles. The first-order chi connectivity index (χ1) is 16.3. The highest BCUT2D eigenvalue weighted by Crippen LogP contribution is 2.28. The summed E-state index contributed by atoms with van der Waals surface area (Å²) in [6.45, 7) is 14.6. The molecule has 2 aromatic carbocycles. The van der Waals surface area contributed by atoms with Gasteiger partial charge in [0, 0.05) is 29.4 Å². The highest BCUT2D eigenvalue weighted by atomic mass is 16.5. The summed E-state index contributed by atoms with van der Waals surface area (Å²) in [5, 5.41) is 19.2. The molecule has 0 bridgehead atoms. The fourth-order valence-electron chi connectivity index (χ4n) is 3.38. The molecule has 2 N–H and O–H groups in total. The van der Waals surface area contributed by atoms with Crippen molar-refractivity contribution in [2.24, 2.45) is 5.41 Å². The molecule has 0 fully saturated rings. The normalized spacial score (nSPS) is 11.6. The molecule has 0 atom stereocenters. The van der Waals surface area contributed by atoms with Crippen molar-refractivity contribution in [1.82, 2.24) is 10.5 Å². The van der Waals surface area contributed by atoms with Crippen molar-refractivity contribution in [2.75, 3.05) is 11.9 Å². The number of carbonyl (C=O) groups excluding carboxylic acids is 2. The third-order valence-electron chi connectivity index (χ3n) is 5.47. The van der Waals surface area contributed by atoms with E-state index in [9.17, 15) is 14.9 Å². The average Bonchev–Trinajstić information content (AvgIpc) is 3.27. The van der Waals surface area contributed by atoms with Gasteiger partial charge in [-0.3, -0.25) is 9.59 Å². The Bertz CT molecular complexity index is 1300. The summed E-state index contributed by atoms with van der Waals surface area (Å²) in [7, 11) is 0. The molecule has 7 heteroatoms. The number of hydrogen-bond acceptors (Lipinski definition) is 5. The lowest BCUT2D eigenvalue weighted by Gasteiger charge is -2.20. The van der Waals surface area contributed by atoms with Gasteiger partial charge in [0.1, 0.15) is 5.69 Å². The fraction of sp³-hybridized carbons (Fsp3) is 0.357. The van der Waals surface area contributed by atoms with E-state index < -0.39 is 0 Å². The maximum Gasteiger partial charge on any atom is 0.289 e. The van der Waals surface area contributed by atoms with Gasteiger partial charge in [-0.2, -0.15) is 5.26 Å². The average molecular weight is 473 g/mol. The van der Waals surface area contributed by atoms with E-state index in [-0.39, 0.29) is 28.4 Å². The SMILES string of the molecule is Cc1ccc(NC(=O)c2cc(C#N)cc(C(C)(C)C)c2)cc1-c1cc(C(=O)NCC(C)(C)C)on1. The third kappa shape index (κ3) is 6.57. The molecule has 0 aliphatic rings. The van der Waals surface area contributed by atoms with Crippen LogP contribution in [0.15, 0.2) is 47.0 Å². The first-order valence-corrected chi connectivity index (χ1v) is 11.5. The summed E-state index contributed by atoms with van der Waals surface area (Å²) < 4.78 is 5.28. The molecule has 182 valence electrons. The summed E-state index contributed by atoms with van der Waals surface area (Å²) in [6, 6.07) is 14.4. The predicted octanol–water partition coefficient (Wildman–Crippen LogP) is 5.85. The molecule has 0 saturated heterocycles. The van der Waals surface area contributed by atoms with E-state index in [2.05, 4.69) is 21.9 Å². The highest BCUT2D eigenvalue weighted by molar-refractivity contribution is 6.05. The number of carbonyl (C=O) groups is 2. The first-order valence-electron chi connectivity index (χ1n) is 11.5. The number of aryl methyl sites for hydroxylation is 1. The quantitative estimate of drug-likeness (QED) is 0.484. The van der Waals surface area contributed by atoms with E-state index in [1.54, 1.807) is 30.3 Å². The van der Waals surface area contributed by atoms with Crippen molar-refractivity contribution < 1.29 is 14.1 Å². The predicted molar refractivity (Wildman–Crippen MR) is 136 cm³/mol. The Balaban J connectivity index is 1.84. The summed E-state index contributed by atoms with van der Waals surface area (Å²) in [6.07, 6.45) is 0. The van der Waals surface area contributed by atoms with Crippen LogP contribution in [0.3, 0.4) is 0 Å². The van der Waals surface area contributed by atoms with Crippen LogP contribution in [-0.4, -0.2) is 23.5 Å². The molecule has 0 spiro atoms. The molecular formula is C28H32N4O3. The van der Waals surface area contributed by atoms with Gasteiger partial charge in [-0.25, -0.2) is 0 Å². The van der Waals surface area contributed by atoms with Crippen LogP contribution in [0, 0.1) is 23.7 Å². The van der Waals surface area contributed by atoms with Crippen LogP contribution in [0.2, 0.25) is 0 Å². The van der Waals surface area contributed by atoms with Crippen LogP contribution in [0.4, 0.5) is 5.69 Å². The van der Waals surface area contributed by atoms with Gasteiger partial charge >= 0.3 is 0 Å². The number of nitriles is 1.